The van der Waals surface area contributed by atoms with Crippen LogP contribution < -0.4 is 11.1 Å². The Bertz CT molecular complexity index is 512. The van der Waals surface area contributed by atoms with E-state index >= 15 is 0 Å². The second-order valence-corrected chi connectivity index (χ2v) is 4.86. The zero-order valence-electron chi connectivity index (χ0n) is 11.1. The van der Waals surface area contributed by atoms with Crippen LogP contribution in [0.15, 0.2) is 18.3 Å². The van der Waals surface area contributed by atoms with E-state index in [9.17, 15) is 4.79 Å². The fraction of sp³-hybridized carbons (Fsp3) is 0.467. The van der Waals surface area contributed by atoms with Gasteiger partial charge in [-0.3, -0.25) is 4.79 Å². The van der Waals surface area contributed by atoms with Crippen molar-refractivity contribution in [3.8, 4) is 11.8 Å². The Morgan fingerprint density at radius 2 is 2.42 bits per heavy atom. The molecule has 1 saturated carbocycles. The van der Waals surface area contributed by atoms with Gasteiger partial charge in [-0.05, 0) is 37.8 Å². The molecule has 0 bridgehead atoms. The van der Waals surface area contributed by atoms with Gasteiger partial charge in [0.1, 0.15) is 5.69 Å². The van der Waals surface area contributed by atoms with Gasteiger partial charge in [0.2, 0.25) is 0 Å². The van der Waals surface area contributed by atoms with Gasteiger partial charge in [-0.2, -0.15) is 0 Å². The van der Waals surface area contributed by atoms with Gasteiger partial charge < -0.3 is 11.1 Å². The van der Waals surface area contributed by atoms with E-state index in [1.807, 2.05) is 0 Å². The van der Waals surface area contributed by atoms with Crippen molar-refractivity contribution >= 4 is 5.91 Å². The summed E-state index contributed by atoms with van der Waals surface area (Å²) in [5.74, 6) is 6.09. The van der Waals surface area contributed by atoms with Crippen LogP contribution in [0.2, 0.25) is 0 Å². The molecule has 1 aromatic heterocycles. The van der Waals surface area contributed by atoms with Crippen LogP contribution in [0.4, 0.5) is 0 Å². The van der Waals surface area contributed by atoms with Gasteiger partial charge in [0.25, 0.3) is 5.91 Å². The molecule has 3 N–H and O–H groups in total. The summed E-state index contributed by atoms with van der Waals surface area (Å²) in [6.07, 6.45) is 5.27. The van der Waals surface area contributed by atoms with Crippen LogP contribution in [0.1, 0.15) is 42.2 Å². The van der Waals surface area contributed by atoms with Crippen LogP contribution in [-0.2, 0) is 0 Å². The van der Waals surface area contributed by atoms with Crippen molar-refractivity contribution in [1.82, 2.24) is 10.3 Å². The molecule has 1 aliphatic carbocycles. The molecule has 1 heterocycles. The van der Waals surface area contributed by atoms with Gasteiger partial charge >= 0.3 is 0 Å². The number of hydrogen-bond acceptors (Lipinski definition) is 3. The molecule has 1 amide bonds. The Hall–Kier alpha value is -1.86. The summed E-state index contributed by atoms with van der Waals surface area (Å²) in [5, 5.41) is 3.01. The lowest BCUT2D eigenvalue weighted by molar-refractivity contribution is 0.0904. The lowest BCUT2D eigenvalue weighted by atomic mass is 9.80. The third kappa shape index (κ3) is 3.33. The molecule has 19 heavy (non-hydrogen) atoms. The number of amides is 1. The zero-order chi connectivity index (χ0) is 13.7. The summed E-state index contributed by atoms with van der Waals surface area (Å²) in [7, 11) is 0. The lowest BCUT2D eigenvalue weighted by Crippen LogP contribution is -2.41. The minimum absolute atomic E-state index is 0.152. The van der Waals surface area contributed by atoms with Crippen molar-refractivity contribution < 1.29 is 4.79 Å². The van der Waals surface area contributed by atoms with Crippen molar-refractivity contribution in [2.24, 2.45) is 11.7 Å². The average Bonchev–Trinajstić information content (AvgIpc) is 2.34. The van der Waals surface area contributed by atoms with Gasteiger partial charge in [-0.1, -0.05) is 18.3 Å². The number of rotatable bonds is 3. The highest BCUT2D eigenvalue weighted by Crippen LogP contribution is 2.29. The molecule has 2 rings (SSSR count). The highest BCUT2D eigenvalue weighted by atomic mass is 16.1. The van der Waals surface area contributed by atoms with Crippen LogP contribution in [-0.4, -0.2) is 23.5 Å². The highest BCUT2D eigenvalue weighted by molar-refractivity contribution is 5.94. The maximum Gasteiger partial charge on any atom is 0.271 e. The number of carbonyl (C=O) groups excluding carboxylic acids is 1. The van der Waals surface area contributed by atoms with Crippen molar-refractivity contribution in [2.45, 2.75) is 32.2 Å². The van der Waals surface area contributed by atoms with Gasteiger partial charge in [0, 0.05) is 12.2 Å². The Balaban J connectivity index is 2.09. The first kappa shape index (κ1) is 13.6. The van der Waals surface area contributed by atoms with Crippen molar-refractivity contribution in [1.29, 1.82) is 0 Å². The Labute approximate surface area is 113 Å². The van der Waals surface area contributed by atoms with E-state index in [4.69, 9.17) is 5.73 Å². The predicted octanol–water partition coefficient (Wildman–Crippen LogP) is 1.31. The fourth-order valence-electron chi connectivity index (χ4n) is 2.17. The summed E-state index contributed by atoms with van der Waals surface area (Å²) >= 11 is 0. The van der Waals surface area contributed by atoms with Gasteiger partial charge in [-0.15, -0.1) is 0 Å². The molecule has 4 nitrogen and oxygen atoms in total. The maximum atomic E-state index is 12.2. The average molecular weight is 257 g/mol. The third-order valence-electron chi connectivity index (χ3n) is 3.56. The topological polar surface area (TPSA) is 68.0 Å². The Morgan fingerprint density at radius 3 is 3.05 bits per heavy atom. The van der Waals surface area contributed by atoms with E-state index < -0.39 is 0 Å². The zero-order valence-corrected chi connectivity index (χ0v) is 11.1. The van der Waals surface area contributed by atoms with E-state index in [0.29, 0.717) is 17.2 Å². The number of aromatic nitrogens is 1. The number of carbonyl (C=O) groups is 1. The minimum atomic E-state index is -0.152. The molecule has 1 fully saturated rings. The quantitative estimate of drug-likeness (QED) is 0.802. The predicted molar refractivity (Wildman–Crippen MR) is 74.4 cm³/mol. The van der Waals surface area contributed by atoms with E-state index in [-0.39, 0.29) is 18.5 Å². The largest absolute Gasteiger partial charge is 0.348 e. The molecular formula is C15H19N3O. The smallest absolute Gasteiger partial charge is 0.271 e. The number of nitrogens with zero attached hydrogens (tertiary/aromatic N) is 1. The van der Waals surface area contributed by atoms with Crippen LogP contribution in [0.5, 0.6) is 0 Å². The second-order valence-electron chi connectivity index (χ2n) is 4.86. The first-order chi connectivity index (χ1) is 9.22. The summed E-state index contributed by atoms with van der Waals surface area (Å²) in [5.41, 5.74) is 6.37. The van der Waals surface area contributed by atoms with Gasteiger partial charge in [0.15, 0.2) is 0 Å². The van der Waals surface area contributed by atoms with Crippen LogP contribution in [0.25, 0.3) is 0 Å². The monoisotopic (exact) mass is 257 g/mol. The van der Waals surface area contributed by atoms with Crippen LogP contribution in [0, 0.1) is 17.8 Å². The molecule has 0 aromatic carbocycles. The normalized spacial score (nSPS) is 15.9. The lowest BCUT2D eigenvalue weighted by Gasteiger charge is -2.31. The second kappa shape index (κ2) is 6.35. The molecule has 1 aliphatic rings. The number of nitrogens with one attached hydrogen (secondary N) is 1. The molecule has 0 saturated heterocycles. The van der Waals surface area contributed by atoms with E-state index in [1.54, 1.807) is 18.3 Å². The van der Waals surface area contributed by atoms with E-state index in [0.717, 1.165) is 0 Å². The molecular weight excluding hydrogens is 238 g/mol. The Kier molecular flexibility index (Phi) is 4.53. The van der Waals surface area contributed by atoms with Gasteiger partial charge in [-0.25, -0.2) is 4.98 Å². The fourth-order valence-corrected chi connectivity index (χ4v) is 2.17. The molecule has 1 atom stereocenters. The maximum absolute atomic E-state index is 12.2. The van der Waals surface area contributed by atoms with Crippen LogP contribution in [0.3, 0.4) is 0 Å². The van der Waals surface area contributed by atoms with Crippen molar-refractivity contribution in [2.75, 3.05) is 6.54 Å². The van der Waals surface area contributed by atoms with E-state index in [1.165, 1.54) is 19.3 Å². The molecule has 1 aromatic rings. The molecule has 4 heteroatoms. The molecule has 0 spiro atoms. The first-order valence-corrected chi connectivity index (χ1v) is 6.67. The standard InChI is InChI=1S/C15H19N3O/c1-11(12-5-2-6-12)18-15(19)14-13(7-3-9-16)8-4-10-17-14/h4,8,10-12H,2,5-6,9,16H2,1H3,(H,18,19). The first-order valence-electron chi connectivity index (χ1n) is 6.67. The Morgan fingerprint density at radius 1 is 1.63 bits per heavy atom. The molecule has 100 valence electrons. The molecule has 0 aliphatic heterocycles. The van der Waals surface area contributed by atoms with Crippen molar-refractivity contribution in [3.63, 3.8) is 0 Å². The minimum Gasteiger partial charge on any atom is -0.348 e. The van der Waals surface area contributed by atoms with Crippen LogP contribution >= 0.6 is 0 Å². The molecule has 1 unspecified atom stereocenters. The number of pyridine rings is 1. The summed E-state index contributed by atoms with van der Waals surface area (Å²) in [6.45, 7) is 2.32. The molecule has 0 radical (unpaired) electrons. The van der Waals surface area contributed by atoms with Gasteiger partial charge in [0.05, 0.1) is 12.1 Å². The van der Waals surface area contributed by atoms with E-state index in [2.05, 4.69) is 29.1 Å². The highest BCUT2D eigenvalue weighted by Gasteiger charge is 2.26. The summed E-state index contributed by atoms with van der Waals surface area (Å²) in [6, 6.07) is 3.75. The number of hydrogen-bond donors (Lipinski definition) is 2. The van der Waals surface area contributed by atoms with Crippen molar-refractivity contribution in [3.05, 3.63) is 29.6 Å². The summed E-state index contributed by atoms with van der Waals surface area (Å²) < 4.78 is 0. The number of nitrogens with two attached hydrogens (primary N) is 1. The third-order valence-corrected chi connectivity index (χ3v) is 3.56. The summed E-state index contributed by atoms with van der Waals surface area (Å²) in [4.78, 5) is 16.3. The SMILES string of the molecule is CC(NC(=O)c1ncccc1C#CCN)C1CCC1.